The monoisotopic (exact) mass is 957 g/mol. The van der Waals surface area contributed by atoms with Gasteiger partial charge in [-0.3, -0.25) is 23.5 Å². The van der Waals surface area contributed by atoms with Gasteiger partial charge in [-0.1, -0.05) is 95.0 Å². The van der Waals surface area contributed by atoms with Crippen molar-refractivity contribution < 1.29 is 47.5 Å². The maximum absolute atomic E-state index is 13.7. The van der Waals surface area contributed by atoms with E-state index in [9.17, 15) is 19.5 Å². The second-order valence-electron chi connectivity index (χ2n) is 19.5. The van der Waals surface area contributed by atoms with Crippen molar-refractivity contribution in [2.45, 2.75) is 114 Å². The molecule has 1 aliphatic heterocycles. The molecule has 67 heavy (non-hydrogen) atoms. The molecule has 2 N–H and O–H groups in total. The molecule has 1 aliphatic rings. The van der Waals surface area contributed by atoms with E-state index in [0.29, 0.717) is 18.1 Å². The number of carbonyl (C=O) groups is 2. The van der Waals surface area contributed by atoms with E-state index in [-0.39, 0.29) is 61.4 Å². The Labute approximate surface area is 395 Å². The molecule has 18 heteroatoms. The lowest BCUT2D eigenvalue weighted by Crippen LogP contribution is -2.50. The van der Waals surface area contributed by atoms with Gasteiger partial charge in [0, 0.05) is 14.5 Å². The van der Waals surface area contributed by atoms with Crippen LogP contribution in [0.4, 0.5) is 0 Å². The van der Waals surface area contributed by atoms with Crippen LogP contribution < -0.4 is 20.3 Å². The van der Waals surface area contributed by atoms with Gasteiger partial charge >= 0.3 is 5.97 Å². The number of hydrogen-bond donors (Lipinski definition) is 2. The van der Waals surface area contributed by atoms with Crippen molar-refractivity contribution >= 4 is 39.4 Å². The Morgan fingerprint density at radius 3 is 2.01 bits per heavy atom. The molecule has 0 saturated carbocycles. The van der Waals surface area contributed by atoms with Crippen LogP contribution >= 0.6 is 0 Å². The van der Waals surface area contributed by atoms with Crippen molar-refractivity contribution in [2.24, 2.45) is 0 Å². The summed E-state index contributed by atoms with van der Waals surface area (Å²) in [5.41, 5.74) is 1.24. The highest BCUT2D eigenvalue weighted by Crippen LogP contribution is 2.45. The molecule has 4 atom stereocenters. The molecule has 0 bridgehead atoms. The number of esters is 1. The van der Waals surface area contributed by atoms with Gasteiger partial charge in [-0.05, 0) is 65.1 Å². The number of nitrogens with one attached hydrogen (secondary N) is 1. The molecule has 6 rings (SSSR count). The van der Waals surface area contributed by atoms with E-state index in [1.54, 1.807) is 18.8 Å². The number of nitrogens with zero attached hydrogens (tertiary/aromatic N) is 4. The van der Waals surface area contributed by atoms with Gasteiger partial charge in [-0.2, -0.15) is 0 Å². The third kappa shape index (κ3) is 12.3. The van der Waals surface area contributed by atoms with Crippen LogP contribution in [0.1, 0.15) is 56.5 Å². The summed E-state index contributed by atoms with van der Waals surface area (Å²) in [4.78, 5) is 47.1. The molecule has 0 aliphatic carbocycles. The predicted octanol–water partition coefficient (Wildman–Crippen LogP) is 7.02. The third-order valence-electron chi connectivity index (χ3n) is 12.5. The molecule has 1 amide bonds. The number of hydrogen-bond acceptors (Lipinski definition) is 13. The van der Waals surface area contributed by atoms with E-state index in [1.165, 1.54) is 17.2 Å². The molecule has 5 aromatic rings. The van der Waals surface area contributed by atoms with E-state index in [4.69, 9.17) is 32.8 Å². The molecule has 16 nitrogen and oxygen atoms in total. The Balaban J connectivity index is 1.21. The number of ether oxygens (including phenoxy) is 6. The van der Waals surface area contributed by atoms with Gasteiger partial charge in [-0.25, -0.2) is 9.97 Å². The highest BCUT2D eigenvalue weighted by molar-refractivity contribution is 6.76. The number of benzene rings is 3. The molecule has 3 heterocycles. The van der Waals surface area contributed by atoms with E-state index >= 15 is 0 Å². The summed E-state index contributed by atoms with van der Waals surface area (Å²) in [6.45, 7) is 17.7. The molecule has 362 valence electrons. The molecule has 1 saturated heterocycles. The number of aliphatic hydroxyl groups is 1. The molecular formula is C49H67N5O11Si2. The summed E-state index contributed by atoms with van der Waals surface area (Å²) in [5, 5.41) is 14.7. The Morgan fingerprint density at radius 1 is 0.821 bits per heavy atom. The van der Waals surface area contributed by atoms with Crippen molar-refractivity contribution in [3.63, 3.8) is 0 Å². The van der Waals surface area contributed by atoms with Gasteiger partial charge in [0.25, 0.3) is 5.56 Å². The number of imidazole rings is 1. The van der Waals surface area contributed by atoms with Gasteiger partial charge in [0.1, 0.15) is 48.5 Å². The highest BCUT2D eigenvalue weighted by atomic mass is 28.4. The minimum Gasteiger partial charge on any atom is -0.497 e. The average molecular weight is 958 g/mol. The summed E-state index contributed by atoms with van der Waals surface area (Å²) in [6.07, 6.45) is -1.08. The minimum atomic E-state index is -2.54. The van der Waals surface area contributed by atoms with Crippen molar-refractivity contribution in [3.05, 3.63) is 119 Å². The van der Waals surface area contributed by atoms with E-state index in [0.717, 1.165) is 22.7 Å². The Morgan fingerprint density at radius 2 is 1.43 bits per heavy atom. The van der Waals surface area contributed by atoms with Crippen LogP contribution in [-0.2, 0) is 45.1 Å². The van der Waals surface area contributed by atoms with E-state index in [2.05, 4.69) is 68.8 Å². The van der Waals surface area contributed by atoms with Crippen LogP contribution in [0.5, 0.6) is 11.5 Å². The minimum absolute atomic E-state index is 0.0154. The van der Waals surface area contributed by atoms with Gasteiger partial charge in [0.05, 0.1) is 53.3 Å². The maximum Gasteiger partial charge on any atom is 0.306 e. The first-order valence-corrected chi connectivity index (χ1v) is 29.3. The number of fused-ring (bicyclic) bond motifs is 1. The van der Waals surface area contributed by atoms with Crippen LogP contribution in [0.3, 0.4) is 0 Å². The topological polar surface area (TPSA) is 184 Å². The molecule has 2 aromatic heterocycles. The predicted molar refractivity (Wildman–Crippen MR) is 259 cm³/mol. The number of carbonyl (C=O) groups excluding carboxylic acids is 2. The quantitative estimate of drug-likeness (QED) is 0.0238. The van der Waals surface area contributed by atoms with Gasteiger partial charge in [-0.15, -0.1) is 0 Å². The highest BCUT2D eigenvalue weighted by Gasteiger charge is 2.52. The Bertz CT molecular complexity index is 2420. The van der Waals surface area contributed by atoms with Crippen molar-refractivity contribution in [2.75, 3.05) is 40.8 Å². The maximum atomic E-state index is 13.7. The van der Waals surface area contributed by atoms with Crippen LogP contribution in [-0.4, -0.2) is 112 Å². The molecular weight excluding hydrogens is 891 g/mol. The smallest absolute Gasteiger partial charge is 0.306 e. The zero-order chi connectivity index (χ0) is 48.6. The number of aliphatic hydroxyl groups excluding tert-OH is 1. The molecule has 1 fully saturated rings. The fourth-order valence-corrected chi connectivity index (χ4v) is 9.57. The first-order valence-electron chi connectivity index (χ1n) is 22.7. The van der Waals surface area contributed by atoms with Crippen molar-refractivity contribution in [1.29, 1.82) is 0 Å². The number of rotatable bonds is 22. The lowest BCUT2D eigenvalue weighted by Gasteiger charge is -2.41. The summed E-state index contributed by atoms with van der Waals surface area (Å²) < 4.78 is 45.9. The SMILES string of the molecule is COc1ccc(C(OC[C@H]2O[C@@H](n3cnc4c(=O)n(CCOCNC(=O)CCC(=O)OCC[Si](C)(C)C)cnc43)[C@H](O)[C@@H]2O[Si](C)(C)C(C)(C)C)(c2ccccc2)c2ccc(OC)cc2)cc1. The zero-order valence-corrected chi connectivity index (χ0v) is 42.4. The van der Waals surface area contributed by atoms with Crippen molar-refractivity contribution in [3.8, 4) is 11.5 Å². The molecule has 0 unspecified atom stereocenters. The third-order valence-corrected chi connectivity index (χ3v) is 18.7. The largest absolute Gasteiger partial charge is 0.497 e. The van der Waals surface area contributed by atoms with Crippen LogP contribution in [0, 0.1) is 0 Å². The summed E-state index contributed by atoms with van der Waals surface area (Å²) in [7, 11) is -0.618. The lowest BCUT2D eigenvalue weighted by molar-refractivity contribution is -0.144. The second kappa shape index (κ2) is 21.8. The zero-order valence-electron chi connectivity index (χ0n) is 40.4. The van der Waals surface area contributed by atoms with Crippen LogP contribution in [0.15, 0.2) is 96.3 Å². The second-order valence-corrected chi connectivity index (χ2v) is 29.8. The van der Waals surface area contributed by atoms with E-state index < -0.39 is 58.1 Å². The van der Waals surface area contributed by atoms with Crippen LogP contribution in [0.25, 0.3) is 11.2 Å². The number of amides is 1. The Hall–Kier alpha value is -5.22. The average Bonchev–Trinajstić information content (AvgIpc) is 3.86. The van der Waals surface area contributed by atoms with Gasteiger partial charge in [0.2, 0.25) is 5.91 Å². The summed E-state index contributed by atoms with van der Waals surface area (Å²) in [5.74, 6) is 0.630. The number of methoxy groups -OCH3 is 2. The fourth-order valence-electron chi connectivity index (χ4n) is 7.53. The molecule has 0 radical (unpaired) electrons. The first kappa shape index (κ1) is 51.2. The van der Waals surface area contributed by atoms with Crippen LogP contribution in [0.2, 0.25) is 43.8 Å². The van der Waals surface area contributed by atoms with E-state index in [1.807, 2.05) is 78.9 Å². The number of aromatic nitrogens is 4. The van der Waals surface area contributed by atoms with Crippen molar-refractivity contribution in [1.82, 2.24) is 24.4 Å². The van der Waals surface area contributed by atoms with Gasteiger partial charge in [0.15, 0.2) is 25.7 Å². The summed E-state index contributed by atoms with van der Waals surface area (Å²) >= 11 is 0. The molecule has 3 aromatic carbocycles. The molecule has 0 spiro atoms. The standard InChI is InChI=1S/C49H67N5O11Si2/c1-48(2,3)67(9,10)65-44-39(30-63-49(34-14-12-11-13-15-34,35-16-20-37(59-4)21-17-35)36-18-22-38(60-5)23-19-36)64-47(43(44)57)54-32-50-42-45(54)51-31-53(46(42)58)26-27-61-33-52-40(55)24-25-41(56)62-28-29-66(6,7)8/h11-23,31-32,39,43-44,47,57H,24-30,33H2,1-10H3,(H,52,55)/t39-,43-,44-,47-/m1/s1. The fraction of sp³-hybridized carbons (Fsp3) is 0.490. The van der Waals surface area contributed by atoms with Gasteiger partial charge < -0.3 is 43.3 Å². The lowest BCUT2D eigenvalue weighted by atomic mass is 9.80. The normalized spacial score (nSPS) is 18.0. The first-order chi connectivity index (χ1) is 31.8. The summed E-state index contributed by atoms with van der Waals surface area (Å²) in [6, 6.07) is 26.3. The Kier molecular flexibility index (Phi) is 16.7.